The fourth-order valence-corrected chi connectivity index (χ4v) is 1.89. The van der Waals surface area contributed by atoms with E-state index in [1.807, 2.05) is 12.1 Å². The summed E-state index contributed by atoms with van der Waals surface area (Å²) in [5.74, 6) is 0.795. The SMILES string of the molecule is CCN(c1cnc(CO)cn1)c1ccccc1C. The zero-order valence-corrected chi connectivity index (χ0v) is 10.7. The smallest absolute Gasteiger partial charge is 0.151 e. The third-order valence-corrected chi connectivity index (χ3v) is 2.85. The molecule has 18 heavy (non-hydrogen) atoms. The van der Waals surface area contributed by atoms with Gasteiger partial charge in [0, 0.05) is 12.2 Å². The molecule has 0 fully saturated rings. The molecule has 0 saturated heterocycles. The van der Waals surface area contributed by atoms with E-state index in [-0.39, 0.29) is 6.61 Å². The minimum Gasteiger partial charge on any atom is -0.390 e. The summed E-state index contributed by atoms with van der Waals surface area (Å²) in [6.07, 6.45) is 3.30. The Kier molecular flexibility index (Phi) is 3.89. The summed E-state index contributed by atoms with van der Waals surface area (Å²) in [6.45, 7) is 4.89. The quantitative estimate of drug-likeness (QED) is 0.896. The number of anilines is 2. The van der Waals surface area contributed by atoms with Crippen LogP contribution in [-0.4, -0.2) is 21.6 Å². The van der Waals surface area contributed by atoms with Crippen molar-refractivity contribution < 1.29 is 5.11 Å². The Morgan fingerprint density at radius 2 is 1.94 bits per heavy atom. The Morgan fingerprint density at radius 3 is 2.50 bits per heavy atom. The van der Waals surface area contributed by atoms with Crippen molar-refractivity contribution in [1.82, 2.24) is 9.97 Å². The van der Waals surface area contributed by atoms with Crippen LogP contribution in [0.3, 0.4) is 0 Å². The second-order valence-corrected chi connectivity index (χ2v) is 4.05. The molecule has 1 aromatic heterocycles. The van der Waals surface area contributed by atoms with Gasteiger partial charge >= 0.3 is 0 Å². The standard InChI is InChI=1S/C14H17N3O/c1-3-17(13-7-5-4-6-11(13)2)14-9-15-12(10-18)8-16-14/h4-9,18H,3,10H2,1-2H3. The summed E-state index contributed by atoms with van der Waals surface area (Å²) < 4.78 is 0. The van der Waals surface area contributed by atoms with Crippen molar-refractivity contribution in [1.29, 1.82) is 0 Å². The number of aliphatic hydroxyl groups is 1. The number of aromatic nitrogens is 2. The summed E-state index contributed by atoms with van der Waals surface area (Å²) in [5.41, 5.74) is 2.91. The molecule has 0 aliphatic carbocycles. The summed E-state index contributed by atoms with van der Waals surface area (Å²) in [4.78, 5) is 10.6. The van der Waals surface area contributed by atoms with Crippen LogP contribution in [0.15, 0.2) is 36.7 Å². The highest BCUT2D eigenvalue weighted by atomic mass is 16.3. The first kappa shape index (κ1) is 12.5. The minimum atomic E-state index is -0.0796. The first-order valence-electron chi connectivity index (χ1n) is 6.01. The van der Waals surface area contributed by atoms with E-state index < -0.39 is 0 Å². The molecule has 2 rings (SSSR count). The van der Waals surface area contributed by atoms with Gasteiger partial charge < -0.3 is 10.0 Å². The average molecular weight is 243 g/mol. The van der Waals surface area contributed by atoms with Crippen molar-refractivity contribution >= 4 is 11.5 Å². The highest BCUT2D eigenvalue weighted by molar-refractivity contribution is 5.62. The Morgan fingerprint density at radius 1 is 1.17 bits per heavy atom. The zero-order valence-electron chi connectivity index (χ0n) is 10.7. The normalized spacial score (nSPS) is 10.4. The van der Waals surface area contributed by atoms with E-state index in [0.717, 1.165) is 18.1 Å². The van der Waals surface area contributed by atoms with Crippen molar-refractivity contribution in [3.63, 3.8) is 0 Å². The van der Waals surface area contributed by atoms with Gasteiger partial charge in [-0.1, -0.05) is 18.2 Å². The molecule has 0 bridgehead atoms. The van der Waals surface area contributed by atoms with Gasteiger partial charge in [-0.15, -0.1) is 0 Å². The van der Waals surface area contributed by atoms with Gasteiger partial charge in [-0.05, 0) is 25.5 Å². The molecule has 4 nitrogen and oxygen atoms in total. The van der Waals surface area contributed by atoms with Crippen molar-refractivity contribution in [2.24, 2.45) is 0 Å². The number of aliphatic hydroxyl groups excluding tert-OH is 1. The van der Waals surface area contributed by atoms with Crippen LogP contribution in [0.2, 0.25) is 0 Å². The number of benzene rings is 1. The monoisotopic (exact) mass is 243 g/mol. The van der Waals surface area contributed by atoms with Crippen LogP contribution in [0.1, 0.15) is 18.2 Å². The molecule has 1 N–H and O–H groups in total. The Balaban J connectivity index is 2.36. The van der Waals surface area contributed by atoms with Crippen LogP contribution in [0.25, 0.3) is 0 Å². The average Bonchev–Trinajstić information content (AvgIpc) is 2.42. The highest BCUT2D eigenvalue weighted by Gasteiger charge is 2.10. The molecule has 1 aromatic carbocycles. The molecular weight excluding hydrogens is 226 g/mol. The lowest BCUT2D eigenvalue weighted by atomic mass is 10.2. The third-order valence-electron chi connectivity index (χ3n) is 2.85. The van der Waals surface area contributed by atoms with Crippen molar-refractivity contribution in [2.45, 2.75) is 20.5 Å². The number of nitrogens with zero attached hydrogens (tertiary/aromatic N) is 3. The zero-order chi connectivity index (χ0) is 13.0. The lowest BCUT2D eigenvalue weighted by Crippen LogP contribution is -2.18. The number of para-hydroxylation sites is 1. The van der Waals surface area contributed by atoms with Crippen molar-refractivity contribution in [3.05, 3.63) is 47.9 Å². The summed E-state index contributed by atoms with van der Waals surface area (Å²) in [5, 5.41) is 8.97. The van der Waals surface area contributed by atoms with E-state index in [0.29, 0.717) is 5.69 Å². The largest absolute Gasteiger partial charge is 0.390 e. The maximum absolute atomic E-state index is 8.97. The van der Waals surface area contributed by atoms with E-state index in [1.54, 1.807) is 12.4 Å². The van der Waals surface area contributed by atoms with E-state index in [2.05, 4.69) is 40.8 Å². The molecule has 0 saturated carbocycles. The second-order valence-electron chi connectivity index (χ2n) is 4.05. The molecule has 2 aromatic rings. The predicted octanol–water partition coefficient (Wildman–Crippen LogP) is 2.44. The summed E-state index contributed by atoms with van der Waals surface area (Å²) >= 11 is 0. The molecule has 94 valence electrons. The van der Waals surface area contributed by atoms with E-state index in [9.17, 15) is 0 Å². The molecule has 0 unspecified atom stereocenters. The van der Waals surface area contributed by atoms with E-state index >= 15 is 0 Å². The maximum Gasteiger partial charge on any atom is 0.151 e. The van der Waals surface area contributed by atoms with Gasteiger partial charge in [0.25, 0.3) is 0 Å². The first-order chi connectivity index (χ1) is 8.76. The Labute approximate surface area is 107 Å². The minimum absolute atomic E-state index is 0.0796. The molecule has 0 aliphatic heterocycles. The summed E-state index contributed by atoms with van der Waals surface area (Å²) in [7, 11) is 0. The lowest BCUT2D eigenvalue weighted by Gasteiger charge is -2.23. The molecule has 0 radical (unpaired) electrons. The molecule has 0 spiro atoms. The number of aryl methyl sites for hydroxylation is 1. The Bertz CT molecular complexity index is 511. The topological polar surface area (TPSA) is 49.2 Å². The van der Waals surface area contributed by atoms with Crippen molar-refractivity contribution in [3.8, 4) is 0 Å². The second kappa shape index (κ2) is 5.60. The predicted molar refractivity (Wildman–Crippen MR) is 71.8 cm³/mol. The van der Waals surface area contributed by atoms with Crippen LogP contribution in [0, 0.1) is 6.92 Å². The molecule has 0 amide bonds. The molecular formula is C14H17N3O. The van der Waals surface area contributed by atoms with Crippen LogP contribution >= 0.6 is 0 Å². The van der Waals surface area contributed by atoms with Crippen LogP contribution in [0.4, 0.5) is 11.5 Å². The van der Waals surface area contributed by atoms with Gasteiger partial charge in [-0.3, -0.25) is 4.98 Å². The molecule has 0 atom stereocenters. The van der Waals surface area contributed by atoms with E-state index in [4.69, 9.17) is 5.11 Å². The molecule has 1 heterocycles. The van der Waals surface area contributed by atoms with Gasteiger partial charge in [0.15, 0.2) is 5.82 Å². The molecule has 4 heteroatoms. The fourth-order valence-electron chi connectivity index (χ4n) is 1.89. The van der Waals surface area contributed by atoms with Crippen LogP contribution < -0.4 is 4.90 Å². The first-order valence-corrected chi connectivity index (χ1v) is 6.01. The summed E-state index contributed by atoms with van der Waals surface area (Å²) in [6, 6.07) is 8.18. The third kappa shape index (κ3) is 2.49. The van der Waals surface area contributed by atoms with Gasteiger partial charge in [0.1, 0.15) is 0 Å². The number of hydrogen-bond donors (Lipinski definition) is 1. The van der Waals surface area contributed by atoms with Crippen LogP contribution in [0.5, 0.6) is 0 Å². The van der Waals surface area contributed by atoms with Gasteiger partial charge in [-0.2, -0.15) is 0 Å². The number of hydrogen-bond acceptors (Lipinski definition) is 4. The number of rotatable bonds is 4. The van der Waals surface area contributed by atoms with E-state index in [1.165, 1.54) is 5.56 Å². The lowest BCUT2D eigenvalue weighted by molar-refractivity contribution is 0.276. The maximum atomic E-state index is 8.97. The van der Waals surface area contributed by atoms with Crippen molar-refractivity contribution in [2.75, 3.05) is 11.4 Å². The fraction of sp³-hybridized carbons (Fsp3) is 0.286. The Hall–Kier alpha value is -1.94. The highest BCUT2D eigenvalue weighted by Crippen LogP contribution is 2.25. The van der Waals surface area contributed by atoms with Gasteiger partial charge in [0.2, 0.25) is 0 Å². The molecule has 0 aliphatic rings. The van der Waals surface area contributed by atoms with Gasteiger partial charge in [-0.25, -0.2) is 4.98 Å². The van der Waals surface area contributed by atoms with Crippen LogP contribution in [-0.2, 0) is 6.61 Å². The van der Waals surface area contributed by atoms with Gasteiger partial charge in [0.05, 0.1) is 24.7 Å².